The summed E-state index contributed by atoms with van der Waals surface area (Å²) in [5.41, 5.74) is 0. The number of allylic oxidation sites excluding steroid dienone is 2. The molecule has 2 aliphatic rings. The SMILES string of the molecule is CC(=O)OC[C@@H]1[C@H](CO)[C@@H]2C=C[C@H]1C2. The van der Waals surface area contributed by atoms with Crippen LogP contribution >= 0.6 is 0 Å². The molecule has 1 fully saturated rings. The Balaban J connectivity index is 1.97. The van der Waals surface area contributed by atoms with Gasteiger partial charge in [-0.3, -0.25) is 4.79 Å². The third-order valence-electron chi connectivity index (χ3n) is 3.49. The maximum absolute atomic E-state index is 10.7. The van der Waals surface area contributed by atoms with Crippen molar-refractivity contribution < 1.29 is 14.6 Å². The first-order valence-electron chi connectivity index (χ1n) is 5.15. The summed E-state index contributed by atoms with van der Waals surface area (Å²) in [6.45, 7) is 2.10. The number of carbonyl (C=O) groups is 1. The summed E-state index contributed by atoms with van der Waals surface area (Å²) in [5.74, 6) is 1.42. The lowest BCUT2D eigenvalue weighted by atomic mass is 9.84. The van der Waals surface area contributed by atoms with Crippen LogP contribution in [0.15, 0.2) is 12.2 Å². The van der Waals surface area contributed by atoms with Crippen LogP contribution in [0.25, 0.3) is 0 Å². The van der Waals surface area contributed by atoms with E-state index in [0.717, 1.165) is 6.42 Å². The van der Waals surface area contributed by atoms with Crippen LogP contribution in [0.1, 0.15) is 13.3 Å². The van der Waals surface area contributed by atoms with Gasteiger partial charge in [0.1, 0.15) is 0 Å². The molecule has 2 rings (SSSR count). The molecule has 3 heteroatoms. The van der Waals surface area contributed by atoms with Crippen LogP contribution in [0.3, 0.4) is 0 Å². The van der Waals surface area contributed by atoms with Crippen molar-refractivity contribution in [2.24, 2.45) is 23.7 Å². The molecule has 0 unspecified atom stereocenters. The summed E-state index contributed by atoms with van der Waals surface area (Å²) >= 11 is 0. The van der Waals surface area contributed by atoms with Crippen LogP contribution in [-0.4, -0.2) is 24.3 Å². The van der Waals surface area contributed by atoms with Crippen molar-refractivity contribution in [2.75, 3.05) is 13.2 Å². The first-order valence-corrected chi connectivity index (χ1v) is 5.15. The van der Waals surface area contributed by atoms with Gasteiger partial charge in [0.15, 0.2) is 0 Å². The number of ether oxygens (including phenoxy) is 1. The van der Waals surface area contributed by atoms with Crippen molar-refractivity contribution in [1.29, 1.82) is 0 Å². The van der Waals surface area contributed by atoms with Gasteiger partial charge in [0.05, 0.1) is 6.61 Å². The van der Waals surface area contributed by atoms with E-state index < -0.39 is 0 Å². The van der Waals surface area contributed by atoms with E-state index in [2.05, 4.69) is 12.2 Å². The Hall–Kier alpha value is -0.830. The summed E-state index contributed by atoms with van der Waals surface area (Å²) in [5, 5.41) is 9.25. The first-order chi connectivity index (χ1) is 6.72. The Morgan fingerprint density at radius 1 is 1.43 bits per heavy atom. The molecular weight excluding hydrogens is 180 g/mol. The minimum atomic E-state index is -0.228. The largest absolute Gasteiger partial charge is 0.466 e. The number of aliphatic hydroxyl groups is 1. The Bertz CT molecular complexity index is 259. The Labute approximate surface area is 83.8 Å². The van der Waals surface area contributed by atoms with Crippen molar-refractivity contribution in [1.82, 2.24) is 0 Å². The second-order valence-corrected chi connectivity index (χ2v) is 4.26. The van der Waals surface area contributed by atoms with Gasteiger partial charge >= 0.3 is 5.97 Å². The zero-order valence-corrected chi connectivity index (χ0v) is 8.35. The quantitative estimate of drug-likeness (QED) is 0.540. The Morgan fingerprint density at radius 3 is 2.64 bits per heavy atom. The van der Waals surface area contributed by atoms with E-state index in [-0.39, 0.29) is 12.6 Å². The summed E-state index contributed by atoms with van der Waals surface area (Å²) in [4.78, 5) is 10.7. The highest BCUT2D eigenvalue weighted by molar-refractivity contribution is 5.65. The van der Waals surface area contributed by atoms with Gasteiger partial charge in [0.2, 0.25) is 0 Å². The molecule has 3 nitrogen and oxygen atoms in total. The van der Waals surface area contributed by atoms with E-state index in [1.807, 2.05) is 0 Å². The summed E-state index contributed by atoms with van der Waals surface area (Å²) < 4.78 is 5.03. The zero-order chi connectivity index (χ0) is 10.1. The van der Waals surface area contributed by atoms with Crippen molar-refractivity contribution in [3.8, 4) is 0 Å². The second kappa shape index (κ2) is 3.73. The molecule has 14 heavy (non-hydrogen) atoms. The highest BCUT2D eigenvalue weighted by Gasteiger charge is 2.44. The molecule has 1 saturated carbocycles. The van der Waals surface area contributed by atoms with Gasteiger partial charge in [-0.2, -0.15) is 0 Å². The van der Waals surface area contributed by atoms with Gasteiger partial charge in [0.25, 0.3) is 0 Å². The van der Waals surface area contributed by atoms with Gasteiger partial charge in [-0.1, -0.05) is 12.2 Å². The van der Waals surface area contributed by atoms with Crippen LogP contribution in [0, 0.1) is 23.7 Å². The second-order valence-electron chi connectivity index (χ2n) is 4.26. The lowest BCUT2D eigenvalue weighted by Crippen LogP contribution is -2.27. The molecule has 0 heterocycles. The fourth-order valence-corrected chi connectivity index (χ4v) is 2.76. The smallest absolute Gasteiger partial charge is 0.302 e. The maximum Gasteiger partial charge on any atom is 0.302 e. The van der Waals surface area contributed by atoms with E-state index in [1.54, 1.807) is 0 Å². The normalized spacial score (nSPS) is 39.0. The van der Waals surface area contributed by atoms with Crippen LogP contribution in [0.5, 0.6) is 0 Å². The molecule has 0 radical (unpaired) electrons. The molecule has 0 spiro atoms. The lowest BCUT2D eigenvalue weighted by molar-refractivity contribution is -0.143. The van der Waals surface area contributed by atoms with Crippen molar-refractivity contribution in [3.05, 3.63) is 12.2 Å². The molecule has 1 N–H and O–H groups in total. The number of rotatable bonds is 3. The third-order valence-corrected chi connectivity index (χ3v) is 3.49. The van der Waals surface area contributed by atoms with Crippen LogP contribution < -0.4 is 0 Å². The predicted molar refractivity (Wildman–Crippen MR) is 51.4 cm³/mol. The fraction of sp³-hybridized carbons (Fsp3) is 0.727. The number of esters is 1. The molecule has 2 aliphatic carbocycles. The first kappa shape index (κ1) is 9.71. The minimum Gasteiger partial charge on any atom is -0.466 e. The van der Waals surface area contributed by atoms with E-state index in [1.165, 1.54) is 6.92 Å². The van der Waals surface area contributed by atoms with E-state index in [9.17, 15) is 9.90 Å². The zero-order valence-electron chi connectivity index (χ0n) is 8.35. The van der Waals surface area contributed by atoms with Crippen LogP contribution in [0.4, 0.5) is 0 Å². The van der Waals surface area contributed by atoms with E-state index in [0.29, 0.717) is 30.3 Å². The average Bonchev–Trinajstić information content (AvgIpc) is 2.72. The number of fused-ring (bicyclic) bond motifs is 2. The molecule has 78 valence electrons. The maximum atomic E-state index is 10.7. The lowest BCUT2D eigenvalue weighted by Gasteiger charge is -2.25. The molecule has 0 aromatic heterocycles. The third kappa shape index (κ3) is 1.57. The van der Waals surface area contributed by atoms with Crippen molar-refractivity contribution in [3.63, 3.8) is 0 Å². The fourth-order valence-electron chi connectivity index (χ4n) is 2.76. The van der Waals surface area contributed by atoms with Crippen LogP contribution in [0.2, 0.25) is 0 Å². The van der Waals surface area contributed by atoms with Crippen molar-refractivity contribution >= 4 is 5.97 Å². The molecule has 0 aromatic rings. The number of hydrogen-bond donors (Lipinski definition) is 1. The molecule has 0 amide bonds. The monoisotopic (exact) mass is 196 g/mol. The minimum absolute atomic E-state index is 0.206. The molecule has 0 aromatic carbocycles. The summed E-state index contributed by atoms with van der Waals surface area (Å²) in [7, 11) is 0. The summed E-state index contributed by atoms with van der Waals surface area (Å²) in [6.07, 6.45) is 5.51. The molecule has 2 bridgehead atoms. The average molecular weight is 196 g/mol. The van der Waals surface area contributed by atoms with Gasteiger partial charge in [-0.05, 0) is 24.2 Å². The molecule has 0 saturated heterocycles. The standard InChI is InChI=1S/C11H16O3/c1-7(13)14-6-11-9-3-2-8(4-9)10(11)5-12/h2-3,8-12H,4-6H2,1H3/t8-,9+,10-,11+/m1/s1. The molecular formula is C11H16O3. The Morgan fingerprint density at radius 2 is 2.07 bits per heavy atom. The number of hydrogen-bond acceptors (Lipinski definition) is 3. The Kier molecular flexibility index (Phi) is 2.59. The number of aliphatic hydroxyl groups excluding tert-OH is 1. The van der Waals surface area contributed by atoms with Gasteiger partial charge < -0.3 is 9.84 Å². The van der Waals surface area contributed by atoms with Gasteiger partial charge in [-0.25, -0.2) is 0 Å². The number of carbonyl (C=O) groups excluding carboxylic acids is 1. The van der Waals surface area contributed by atoms with Gasteiger partial charge in [0, 0.05) is 19.4 Å². The predicted octanol–water partition coefficient (Wildman–Crippen LogP) is 0.980. The topological polar surface area (TPSA) is 46.5 Å². The molecule has 4 atom stereocenters. The van der Waals surface area contributed by atoms with Gasteiger partial charge in [-0.15, -0.1) is 0 Å². The molecule has 0 aliphatic heterocycles. The van der Waals surface area contributed by atoms with E-state index in [4.69, 9.17) is 4.74 Å². The highest BCUT2D eigenvalue weighted by Crippen LogP contribution is 2.47. The highest BCUT2D eigenvalue weighted by atomic mass is 16.5. The summed E-state index contributed by atoms with van der Waals surface area (Å²) in [6, 6.07) is 0. The van der Waals surface area contributed by atoms with Crippen LogP contribution in [-0.2, 0) is 9.53 Å². The van der Waals surface area contributed by atoms with E-state index >= 15 is 0 Å². The van der Waals surface area contributed by atoms with Crippen molar-refractivity contribution in [2.45, 2.75) is 13.3 Å².